The molecule has 0 saturated heterocycles. The van der Waals surface area contributed by atoms with Crippen LogP contribution < -0.4 is 19.3 Å². The quantitative estimate of drug-likeness (QED) is 0.409. The van der Waals surface area contributed by atoms with E-state index in [0.717, 1.165) is 17.9 Å². The van der Waals surface area contributed by atoms with Gasteiger partial charge in [-0.15, -0.1) is 0 Å². The maximum atomic E-state index is 13.8. The Labute approximate surface area is 200 Å². The fourth-order valence-electron chi connectivity index (χ4n) is 3.95. The second-order valence-corrected chi connectivity index (χ2v) is 7.84. The Morgan fingerprint density at radius 3 is 2.15 bits per heavy atom. The van der Waals surface area contributed by atoms with Gasteiger partial charge in [0.15, 0.2) is 0 Å². The Kier molecular flexibility index (Phi) is 6.97. The number of para-hydroxylation sites is 3. The molecule has 0 unspecified atom stereocenters. The number of hydrogen-bond donors (Lipinski definition) is 0. The van der Waals surface area contributed by atoms with Crippen molar-refractivity contribution in [2.45, 2.75) is 20.3 Å². The topological polar surface area (TPSA) is 59.1 Å². The number of carbonyl (C=O) groups excluding carboxylic acids is 2. The van der Waals surface area contributed by atoms with Crippen molar-refractivity contribution >= 4 is 28.8 Å². The van der Waals surface area contributed by atoms with Crippen LogP contribution in [0.4, 0.5) is 11.4 Å². The summed E-state index contributed by atoms with van der Waals surface area (Å²) in [4.78, 5) is 30.6. The third-order valence-corrected chi connectivity index (χ3v) is 5.56. The largest absolute Gasteiger partial charge is 0.494 e. The summed E-state index contributed by atoms with van der Waals surface area (Å²) in [6.07, 6.45) is 0.903. The Hall–Kier alpha value is -4.06. The lowest BCUT2D eigenvalue weighted by atomic mass is 10.0. The van der Waals surface area contributed by atoms with Crippen LogP contribution in [0.25, 0.3) is 5.57 Å². The van der Waals surface area contributed by atoms with E-state index in [4.69, 9.17) is 9.47 Å². The first-order chi connectivity index (χ1) is 16.6. The maximum Gasteiger partial charge on any atom is 0.282 e. The Morgan fingerprint density at radius 1 is 0.794 bits per heavy atom. The van der Waals surface area contributed by atoms with Gasteiger partial charge in [-0.25, -0.2) is 4.90 Å². The summed E-state index contributed by atoms with van der Waals surface area (Å²) < 4.78 is 11.4. The van der Waals surface area contributed by atoms with E-state index in [1.807, 2.05) is 74.5 Å². The predicted molar refractivity (Wildman–Crippen MR) is 134 cm³/mol. The van der Waals surface area contributed by atoms with Gasteiger partial charge in [0.1, 0.15) is 17.2 Å². The molecule has 0 fully saturated rings. The molecule has 6 nitrogen and oxygen atoms in total. The first-order valence-corrected chi connectivity index (χ1v) is 11.4. The van der Waals surface area contributed by atoms with Gasteiger partial charge in [0.25, 0.3) is 11.8 Å². The van der Waals surface area contributed by atoms with Gasteiger partial charge >= 0.3 is 0 Å². The van der Waals surface area contributed by atoms with E-state index >= 15 is 0 Å². The monoisotopic (exact) mass is 456 g/mol. The van der Waals surface area contributed by atoms with Crippen LogP contribution in [0.3, 0.4) is 0 Å². The van der Waals surface area contributed by atoms with Crippen LogP contribution in [0.5, 0.6) is 11.5 Å². The van der Waals surface area contributed by atoms with Gasteiger partial charge in [-0.05, 0) is 55.3 Å². The van der Waals surface area contributed by atoms with Crippen LogP contribution in [0.2, 0.25) is 0 Å². The molecular formula is C28H28N2O4. The zero-order chi connectivity index (χ0) is 24.1. The summed E-state index contributed by atoms with van der Waals surface area (Å²) in [5.74, 6) is 0.416. The molecule has 0 N–H and O–H groups in total. The predicted octanol–water partition coefficient (Wildman–Crippen LogP) is 5.30. The summed E-state index contributed by atoms with van der Waals surface area (Å²) in [6.45, 7) is 4.94. The number of imide groups is 1. The van der Waals surface area contributed by atoms with E-state index in [2.05, 4.69) is 0 Å². The fraction of sp³-hybridized carbons (Fsp3) is 0.214. The molecule has 0 bridgehead atoms. The minimum Gasteiger partial charge on any atom is -0.494 e. The number of anilines is 2. The number of nitrogens with zero attached hydrogens (tertiary/aromatic N) is 2. The molecule has 4 rings (SSSR count). The van der Waals surface area contributed by atoms with Crippen LogP contribution >= 0.6 is 0 Å². The maximum absolute atomic E-state index is 13.8. The number of hydrogen-bond acceptors (Lipinski definition) is 5. The molecule has 2 amide bonds. The van der Waals surface area contributed by atoms with Crippen LogP contribution in [0.15, 0.2) is 84.6 Å². The van der Waals surface area contributed by atoms with Gasteiger partial charge in [-0.1, -0.05) is 49.4 Å². The van der Waals surface area contributed by atoms with Gasteiger partial charge in [-0.3, -0.25) is 9.59 Å². The molecule has 0 spiro atoms. The van der Waals surface area contributed by atoms with Crippen molar-refractivity contribution in [3.63, 3.8) is 0 Å². The molecule has 1 heterocycles. The highest BCUT2D eigenvalue weighted by atomic mass is 16.5. The first kappa shape index (κ1) is 23.1. The molecule has 6 heteroatoms. The number of ether oxygens (including phenoxy) is 2. The smallest absolute Gasteiger partial charge is 0.282 e. The highest BCUT2D eigenvalue weighted by molar-refractivity contribution is 6.46. The molecule has 0 aliphatic carbocycles. The SMILES string of the molecule is CCCOc1ccc(C2=C(N(C)c3ccccc3)C(=O)N(c3ccccc3OCC)C2=O)cc1. The lowest BCUT2D eigenvalue weighted by Crippen LogP contribution is -2.34. The summed E-state index contributed by atoms with van der Waals surface area (Å²) in [5, 5.41) is 0. The Balaban J connectivity index is 1.82. The highest BCUT2D eigenvalue weighted by Gasteiger charge is 2.43. The van der Waals surface area contributed by atoms with Gasteiger partial charge in [0.2, 0.25) is 0 Å². The third-order valence-electron chi connectivity index (χ3n) is 5.56. The number of benzene rings is 3. The normalized spacial score (nSPS) is 13.4. The van der Waals surface area contributed by atoms with Crippen LogP contribution in [-0.2, 0) is 9.59 Å². The molecule has 0 saturated carbocycles. The standard InChI is InChI=1S/C28H28N2O4/c1-4-19-34-22-17-15-20(16-18-22)25-26(29(3)21-11-7-6-8-12-21)28(32)30(27(25)31)23-13-9-10-14-24(23)33-5-2/h6-18H,4-5,19H2,1-3H3. The van der Waals surface area contributed by atoms with Crippen molar-refractivity contribution in [2.75, 3.05) is 30.1 Å². The lowest BCUT2D eigenvalue weighted by molar-refractivity contribution is -0.120. The van der Waals surface area contributed by atoms with E-state index in [1.165, 1.54) is 4.90 Å². The highest BCUT2D eigenvalue weighted by Crippen LogP contribution is 2.39. The molecule has 3 aromatic carbocycles. The van der Waals surface area contributed by atoms with Gasteiger partial charge in [0.05, 0.1) is 24.5 Å². The summed E-state index contributed by atoms with van der Waals surface area (Å²) in [5.41, 5.74) is 2.53. The van der Waals surface area contributed by atoms with Crippen LogP contribution in [-0.4, -0.2) is 32.1 Å². The second kappa shape index (κ2) is 10.3. The van der Waals surface area contributed by atoms with Gasteiger partial charge in [-0.2, -0.15) is 0 Å². The summed E-state index contributed by atoms with van der Waals surface area (Å²) in [6, 6.07) is 23.9. The molecule has 1 aliphatic heterocycles. The lowest BCUT2D eigenvalue weighted by Gasteiger charge is -2.22. The van der Waals surface area contributed by atoms with Crippen LogP contribution in [0, 0.1) is 0 Å². The summed E-state index contributed by atoms with van der Waals surface area (Å²) >= 11 is 0. The van der Waals surface area contributed by atoms with E-state index in [1.54, 1.807) is 30.1 Å². The number of amides is 2. The number of rotatable bonds is 9. The molecule has 0 aromatic heterocycles. The van der Waals surface area contributed by atoms with Crippen molar-refractivity contribution in [1.82, 2.24) is 0 Å². The number of carbonyl (C=O) groups is 2. The van der Waals surface area contributed by atoms with E-state index in [0.29, 0.717) is 41.5 Å². The van der Waals surface area contributed by atoms with E-state index in [-0.39, 0.29) is 0 Å². The zero-order valence-corrected chi connectivity index (χ0v) is 19.7. The van der Waals surface area contributed by atoms with Gasteiger partial charge in [0, 0.05) is 12.7 Å². The first-order valence-electron chi connectivity index (χ1n) is 11.4. The molecule has 34 heavy (non-hydrogen) atoms. The fourth-order valence-corrected chi connectivity index (χ4v) is 3.95. The molecule has 0 radical (unpaired) electrons. The van der Waals surface area contributed by atoms with Crippen LogP contribution in [0.1, 0.15) is 25.8 Å². The minimum atomic E-state index is -0.398. The van der Waals surface area contributed by atoms with E-state index in [9.17, 15) is 9.59 Å². The number of likely N-dealkylation sites (N-methyl/N-ethyl adjacent to an activating group) is 1. The molecule has 174 valence electrons. The average Bonchev–Trinajstić information content (AvgIpc) is 3.13. The van der Waals surface area contributed by atoms with E-state index < -0.39 is 11.8 Å². The van der Waals surface area contributed by atoms with Crippen molar-refractivity contribution in [1.29, 1.82) is 0 Å². The average molecular weight is 457 g/mol. The Morgan fingerprint density at radius 2 is 1.47 bits per heavy atom. The Bertz CT molecular complexity index is 1200. The van der Waals surface area contributed by atoms with Crippen molar-refractivity contribution in [3.05, 3.63) is 90.1 Å². The van der Waals surface area contributed by atoms with Gasteiger partial charge < -0.3 is 14.4 Å². The van der Waals surface area contributed by atoms with Crippen molar-refractivity contribution in [2.24, 2.45) is 0 Å². The zero-order valence-electron chi connectivity index (χ0n) is 19.7. The second-order valence-electron chi connectivity index (χ2n) is 7.84. The molecule has 3 aromatic rings. The molecular weight excluding hydrogens is 428 g/mol. The van der Waals surface area contributed by atoms with Crippen molar-refractivity contribution in [3.8, 4) is 11.5 Å². The molecule has 1 aliphatic rings. The summed E-state index contributed by atoms with van der Waals surface area (Å²) in [7, 11) is 1.80. The van der Waals surface area contributed by atoms with Crippen molar-refractivity contribution < 1.29 is 19.1 Å². The minimum absolute atomic E-state index is 0.310. The third kappa shape index (κ3) is 4.39. The molecule has 0 atom stereocenters.